The van der Waals surface area contributed by atoms with Gasteiger partial charge >= 0.3 is 6.09 Å². The summed E-state index contributed by atoms with van der Waals surface area (Å²) in [6.45, 7) is 10.1. The number of amides is 2. The maximum Gasteiger partial charge on any atom is 0.446 e. The number of carbonyl (C=O) groups excluding carboxylic acids is 2. The van der Waals surface area contributed by atoms with Gasteiger partial charge < -0.3 is 0 Å². The quantitative estimate of drug-likeness (QED) is 0.293. The van der Waals surface area contributed by atoms with E-state index in [1.54, 1.807) is 14.1 Å². The number of nitrogens with zero attached hydrogens (tertiary/aromatic N) is 3. The Kier molecular flexibility index (Phi) is 6.81. The zero-order valence-electron chi connectivity index (χ0n) is 16.6. The van der Waals surface area contributed by atoms with Gasteiger partial charge in [-0.15, -0.1) is 0 Å². The van der Waals surface area contributed by atoms with E-state index in [9.17, 15) is 9.59 Å². The molecule has 148 valence electrons. The molecule has 1 heterocycles. The summed E-state index contributed by atoms with van der Waals surface area (Å²) >= 11 is 1.27. The molecule has 1 aliphatic rings. The molecule has 1 saturated heterocycles. The molecule has 0 saturated carbocycles. The fourth-order valence-electron chi connectivity index (χ4n) is 2.19. The van der Waals surface area contributed by atoms with Gasteiger partial charge in [-0.25, -0.2) is 9.10 Å². The second-order valence-electron chi connectivity index (χ2n) is 7.64. The Hall–Kier alpha value is -1.32. The van der Waals surface area contributed by atoms with Crippen LogP contribution in [0.15, 0.2) is 34.3 Å². The molecular weight excluding hydrogens is 402 g/mol. The summed E-state index contributed by atoms with van der Waals surface area (Å²) in [6, 6.07) is 8.27. The van der Waals surface area contributed by atoms with Gasteiger partial charge in [0.15, 0.2) is 0 Å². The normalized spacial score (nSPS) is 18.1. The van der Waals surface area contributed by atoms with E-state index in [2.05, 4.69) is 38.1 Å². The first-order valence-electron chi connectivity index (χ1n) is 8.37. The standard InChI is InChI=1S/C18H25N3O3S3/c1-17(2,3)12-8-10-13(11-9-12)26-27-21(7)16(23)24-19-15-20(6)14(22)18(4,5)25-15/h8-11H,1-7H3. The molecule has 0 atom stereocenters. The second kappa shape index (κ2) is 8.36. The third kappa shape index (κ3) is 5.58. The number of carbonyl (C=O) groups is 2. The van der Waals surface area contributed by atoms with E-state index in [4.69, 9.17) is 4.84 Å². The van der Waals surface area contributed by atoms with Crippen LogP contribution >= 0.6 is 33.5 Å². The summed E-state index contributed by atoms with van der Waals surface area (Å²) in [4.78, 5) is 31.5. The zero-order chi connectivity index (χ0) is 20.4. The highest BCUT2D eigenvalue weighted by molar-refractivity contribution is 8.75. The summed E-state index contributed by atoms with van der Waals surface area (Å²) in [5.41, 5.74) is 1.37. The van der Waals surface area contributed by atoms with E-state index in [0.717, 1.165) is 4.90 Å². The smallest absolute Gasteiger partial charge is 0.295 e. The number of rotatable bonds is 4. The molecule has 0 N–H and O–H groups in total. The molecule has 9 heteroatoms. The van der Waals surface area contributed by atoms with E-state index in [1.165, 1.54) is 48.3 Å². The van der Waals surface area contributed by atoms with Gasteiger partial charge in [-0.3, -0.25) is 14.5 Å². The van der Waals surface area contributed by atoms with E-state index in [-0.39, 0.29) is 11.3 Å². The van der Waals surface area contributed by atoms with Crippen LogP contribution in [0.4, 0.5) is 4.79 Å². The molecule has 0 aromatic heterocycles. The fraction of sp³-hybridized carbons (Fsp3) is 0.500. The van der Waals surface area contributed by atoms with E-state index in [0.29, 0.717) is 5.17 Å². The predicted octanol–water partition coefficient (Wildman–Crippen LogP) is 4.96. The lowest BCUT2D eigenvalue weighted by molar-refractivity contribution is -0.127. The van der Waals surface area contributed by atoms with Crippen molar-refractivity contribution in [3.8, 4) is 0 Å². The van der Waals surface area contributed by atoms with Crippen LogP contribution in [0.5, 0.6) is 0 Å². The largest absolute Gasteiger partial charge is 0.446 e. The second-order valence-corrected chi connectivity index (χ2v) is 11.5. The molecule has 0 radical (unpaired) electrons. The molecule has 0 bridgehead atoms. The minimum atomic E-state index is -0.601. The lowest BCUT2D eigenvalue weighted by Crippen LogP contribution is -2.33. The van der Waals surface area contributed by atoms with Crippen LogP contribution in [-0.4, -0.2) is 45.2 Å². The molecule has 2 rings (SSSR count). The van der Waals surface area contributed by atoms with Crippen LogP contribution in [0.1, 0.15) is 40.2 Å². The van der Waals surface area contributed by atoms with Crippen LogP contribution in [0, 0.1) is 0 Å². The van der Waals surface area contributed by atoms with Crippen molar-refractivity contribution in [2.24, 2.45) is 5.16 Å². The minimum Gasteiger partial charge on any atom is -0.295 e. The van der Waals surface area contributed by atoms with Crippen molar-refractivity contribution in [3.63, 3.8) is 0 Å². The molecule has 0 unspecified atom stereocenters. The van der Waals surface area contributed by atoms with E-state index >= 15 is 0 Å². The minimum absolute atomic E-state index is 0.0701. The van der Waals surface area contributed by atoms with Crippen molar-refractivity contribution < 1.29 is 14.4 Å². The Morgan fingerprint density at radius 1 is 1.26 bits per heavy atom. The monoisotopic (exact) mass is 427 g/mol. The number of hydrogen-bond donors (Lipinski definition) is 0. The van der Waals surface area contributed by atoms with Crippen LogP contribution < -0.4 is 0 Å². The molecule has 1 aromatic rings. The van der Waals surface area contributed by atoms with Crippen LogP contribution in [0.3, 0.4) is 0 Å². The number of hydrogen-bond acceptors (Lipinski definition) is 7. The van der Waals surface area contributed by atoms with Gasteiger partial charge in [0.25, 0.3) is 0 Å². The maximum absolute atomic E-state index is 12.1. The summed E-state index contributed by atoms with van der Waals surface area (Å²) in [5.74, 6) is -0.0701. The van der Waals surface area contributed by atoms with Crippen LogP contribution in [0.25, 0.3) is 0 Å². The average molecular weight is 428 g/mol. The Morgan fingerprint density at radius 2 is 1.85 bits per heavy atom. The van der Waals surface area contributed by atoms with Crippen molar-refractivity contribution >= 4 is 50.7 Å². The molecule has 1 aromatic carbocycles. The number of oxime groups is 1. The highest BCUT2D eigenvalue weighted by Gasteiger charge is 2.43. The Morgan fingerprint density at radius 3 is 2.33 bits per heavy atom. The predicted molar refractivity (Wildman–Crippen MR) is 115 cm³/mol. The third-order valence-electron chi connectivity index (χ3n) is 3.88. The summed E-state index contributed by atoms with van der Waals surface area (Å²) in [7, 11) is 5.94. The first kappa shape index (κ1) is 22.0. The van der Waals surface area contributed by atoms with Crippen molar-refractivity contribution in [1.82, 2.24) is 9.21 Å². The summed E-state index contributed by atoms with van der Waals surface area (Å²) in [6.07, 6.45) is -0.600. The molecule has 2 amide bonds. The maximum atomic E-state index is 12.1. The van der Waals surface area contributed by atoms with Gasteiger partial charge in [0.1, 0.15) is 0 Å². The zero-order valence-corrected chi connectivity index (χ0v) is 19.1. The van der Waals surface area contributed by atoms with Crippen molar-refractivity contribution in [3.05, 3.63) is 29.8 Å². The molecule has 27 heavy (non-hydrogen) atoms. The van der Waals surface area contributed by atoms with E-state index < -0.39 is 10.8 Å². The third-order valence-corrected chi connectivity index (χ3v) is 7.48. The van der Waals surface area contributed by atoms with Gasteiger partial charge in [-0.1, -0.05) is 44.7 Å². The number of thioether (sulfide) groups is 1. The highest BCUT2D eigenvalue weighted by Crippen LogP contribution is 2.37. The summed E-state index contributed by atoms with van der Waals surface area (Å²) in [5, 5.41) is 4.21. The average Bonchev–Trinajstić information content (AvgIpc) is 2.79. The first-order chi connectivity index (χ1) is 12.4. The fourth-order valence-corrected chi connectivity index (χ4v) is 4.81. The van der Waals surface area contributed by atoms with Gasteiger partial charge in [-0.2, -0.15) is 0 Å². The van der Waals surface area contributed by atoms with Crippen molar-refractivity contribution in [2.75, 3.05) is 14.1 Å². The summed E-state index contributed by atoms with van der Waals surface area (Å²) < 4.78 is 0.759. The lowest BCUT2D eigenvalue weighted by Gasteiger charge is -2.19. The first-order valence-corrected chi connectivity index (χ1v) is 11.3. The topological polar surface area (TPSA) is 62.2 Å². The van der Waals surface area contributed by atoms with Crippen LogP contribution in [0.2, 0.25) is 0 Å². The number of benzene rings is 1. The molecule has 6 nitrogen and oxygen atoms in total. The molecule has 1 aliphatic heterocycles. The Balaban J connectivity index is 1.87. The number of amidine groups is 1. The lowest BCUT2D eigenvalue weighted by atomic mass is 9.87. The molecular formula is C18H25N3O3S3. The van der Waals surface area contributed by atoms with Crippen molar-refractivity contribution in [1.29, 1.82) is 0 Å². The van der Waals surface area contributed by atoms with Crippen molar-refractivity contribution in [2.45, 2.75) is 49.7 Å². The molecule has 0 aliphatic carbocycles. The molecule has 1 fully saturated rings. The van der Waals surface area contributed by atoms with Gasteiger partial charge in [-0.05, 0) is 52.9 Å². The Labute approximate surface area is 173 Å². The Bertz CT molecular complexity index is 742. The van der Waals surface area contributed by atoms with Gasteiger partial charge in [0.2, 0.25) is 11.1 Å². The van der Waals surface area contributed by atoms with E-state index in [1.807, 2.05) is 26.0 Å². The highest BCUT2D eigenvalue weighted by atomic mass is 33.1. The van der Waals surface area contributed by atoms with Gasteiger partial charge in [0.05, 0.1) is 4.75 Å². The van der Waals surface area contributed by atoms with Gasteiger partial charge in [0, 0.05) is 30.0 Å². The molecule has 0 spiro atoms. The SMILES string of the molecule is CN(SSc1ccc(C(C)(C)C)cc1)C(=O)ON=C1SC(C)(C)C(=O)N1C. The van der Waals surface area contributed by atoms with Crippen LogP contribution in [-0.2, 0) is 15.0 Å².